The summed E-state index contributed by atoms with van der Waals surface area (Å²) in [6.07, 6.45) is 1.84. The molecule has 4 rings (SSSR count). The molecule has 2 heterocycles. The van der Waals surface area contributed by atoms with Crippen LogP contribution in [-0.2, 0) is 11.0 Å². The zero-order valence-corrected chi connectivity index (χ0v) is 17.2. The molecule has 164 valence electrons. The number of amides is 1. The molecule has 1 N–H and O–H groups in total. The second kappa shape index (κ2) is 8.53. The first kappa shape index (κ1) is 21.1. The highest BCUT2D eigenvalue weighted by Crippen LogP contribution is 2.32. The molecule has 1 saturated heterocycles. The monoisotopic (exact) mass is 423 g/mol. The number of rotatable bonds is 4. The van der Waals surface area contributed by atoms with Crippen LogP contribution in [0.25, 0.3) is 11.0 Å². The van der Waals surface area contributed by atoms with Gasteiger partial charge in [-0.3, -0.25) is 9.69 Å². The molecule has 0 unspecified atom stereocenters. The normalized spacial score (nSPS) is 24.3. The van der Waals surface area contributed by atoms with E-state index in [-0.39, 0.29) is 23.5 Å². The molecule has 2 aromatic rings. The highest BCUT2D eigenvalue weighted by Gasteiger charge is 2.32. The van der Waals surface area contributed by atoms with Gasteiger partial charge < -0.3 is 5.32 Å². The quantitative estimate of drug-likeness (QED) is 0.813. The van der Waals surface area contributed by atoms with E-state index in [1.54, 1.807) is 4.68 Å². The van der Waals surface area contributed by atoms with Crippen LogP contribution < -0.4 is 5.32 Å². The third-order valence-corrected chi connectivity index (χ3v) is 6.53. The first-order valence-electron chi connectivity index (χ1n) is 10.7. The Bertz CT molecular complexity index is 888. The van der Waals surface area contributed by atoms with Crippen molar-refractivity contribution in [2.24, 2.45) is 5.92 Å². The third-order valence-electron chi connectivity index (χ3n) is 6.53. The summed E-state index contributed by atoms with van der Waals surface area (Å²) in [5.74, 6) is 0.616. The highest BCUT2D eigenvalue weighted by molar-refractivity contribution is 5.78. The van der Waals surface area contributed by atoms with Crippen LogP contribution in [0.2, 0.25) is 0 Å². The predicted molar refractivity (Wildman–Crippen MR) is 107 cm³/mol. The van der Waals surface area contributed by atoms with Crippen molar-refractivity contribution >= 4 is 16.9 Å². The summed E-state index contributed by atoms with van der Waals surface area (Å²) in [4.78, 5) is 14.6. The van der Waals surface area contributed by atoms with Crippen molar-refractivity contribution in [3.8, 4) is 0 Å². The van der Waals surface area contributed by atoms with Gasteiger partial charge in [-0.1, -0.05) is 25.0 Å². The zero-order valence-electron chi connectivity index (χ0n) is 17.2. The summed E-state index contributed by atoms with van der Waals surface area (Å²) < 4.78 is 40.4. The molecule has 0 bridgehead atoms. The lowest BCUT2D eigenvalue weighted by atomic mass is 9.86. The molecule has 9 heteroatoms. The van der Waals surface area contributed by atoms with E-state index in [1.165, 1.54) is 25.3 Å². The van der Waals surface area contributed by atoms with Gasteiger partial charge in [0.15, 0.2) is 0 Å². The summed E-state index contributed by atoms with van der Waals surface area (Å²) in [5, 5.41) is 11.3. The van der Waals surface area contributed by atoms with Crippen molar-refractivity contribution in [2.45, 2.75) is 63.7 Å². The van der Waals surface area contributed by atoms with Crippen LogP contribution in [-0.4, -0.2) is 51.5 Å². The van der Waals surface area contributed by atoms with Crippen LogP contribution in [0.1, 0.15) is 57.1 Å². The molecular formula is C21H28F3N5O. The van der Waals surface area contributed by atoms with Crippen LogP contribution in [0, 0.1) is 5.92 Å². The number of aromatic nitrogens is 3. The van der Waals surface area contributed by atoms with Crippen molar-refractivity contribution in [1.82, 2.24) is 25.2 Å². The summed E-state index contributed by atoms with van der Waals surface area (Å²) in [5.41, 5.74) is 0.161. The van der Waals surface area contributed by atoms with Crippen molar-refractivity contribution < 1.29 is 18.0 Å². The van der Waals surface area contributed by atoms with E-state index in [0.29, 0.717) is 18.0 Å². The maximum atomic E-state index is 12.9. The predicted octanol–water partition coefficient (Wildman–Crippen LogP) is 3.78. The van der Waals surface area contributed by atoms with Crippen LogP contribution >= 0.6 is 0 Å². The molecule has 0 radical (unpaired) electrons. The Morgan fingerprint density at radius 1 is 1.17 bits per heavy atom. The van der Waals surface area contributed by atoms with E-state index in [2.05, 4.69) is 27.5 Å². The Labute approximate surface area is 173 Å². The first-order valence-corrected chi connectivity index (χ1v) is 10.7. The van der Waals surface area contributed by atoms with E-state index in [0.717, 1.165) is 44.5 Å². The van der Waals surface area contributed by atoms with Crippen LogP contribution in [0.15, 0.2) is 18.2 Å². The fourth-order valence-corrected chi connectivity index (χ4v) is 4.70. The molecule has 0 spiro atoms. The lowest BCUT2D eigenvalue weighted by Gasteiger charge is -2.33. The molecule has 1 saturated carbocycles. The molecule has 2 aliphatic rings. The number of carbonyl (C=O) groups is 1. The van der Waals surface area contributed by atoms with Gasteiger partial charge in [-0.25, -0.2) is 4.68 Å². The number of piperidine rings is 1. The second-order valence-electron chi connectivity index (χ2n) is 8.68. The van der Waals surface area contributed by atoms with Gasteiger partial charge in [-0.2, -0.15) is 13.2 Å². The average molecular weight is 423 g/mol. The zero-order chi connectivity index (χ0) is 21.3. The maximum absolute atomic E-state index is 12.9. The molecule has 30 heavy (non-hydrogen) atoms. The molecule has 2 fully saturated rings. The van der Waals surface area contributed by atoms with Gasteiger partial charge in [-0.15, -0.1) is 5.10 Å². The third kappa shape index (κ3) is 4.61. The number of nitrogens with one attached hydrogen (secondary N) is 1. The number of nitrogens with zero attached hydrogens (tertiary/aromatic N) is 4. The molecule has 2 atom stereocenters. The number of benzene rings is 1. The van der Waals surface area contributed by atoms with Gasteiger partial charge in [0.05, 0.1) is 23.7 Å². The fraction of sp³-hybridized carbons (Fsp3) is 0.667. The Morgan fingerprint density at radius 3 is 2.60 bits per heavy atom. The largest absolute Gasteiger partial charge is 0.416 e. The molecule has 1 amide bonds. The molecule has 1 aliphatic carbocycles. The van der Waals surface area contributed by atoms with E-state index >= 15 is 0 Å². The highest BCUT2D eigenvalue weighted by atomic mass is 19.4. The number of fused-ring (bicyclic) bond motifs is 1. The minimum absolute atomic E-state index is 0.0735. The Kier molecular flexibility index (Phi) is 5.99. The number of halogens is 3. The molecule has 6 nitrogen and oxygen atoms in total. The van der Waals surface area contributed by atoms with Crippen LogP contribution in [0.4, 0.5) is 13.2 Å². The van der Waals surface area contributed by atoms with Gasteiger partial charge >= 0.3 is 6.18 Å². The van der Waals surface area contributed by atoms with Crippen LogP contribution in [0.5, 0.6) is 0 Å². The standard InChI is InChI=1S/C21H28F3N5O/c1-14-4-2-3-5-17(14)25-20(30)13-28-10-8-16(9-11-28)29-19-7-6-15(21(22,23)24)12-18(19)26-27-29/h6-7,12,14,16-17H,2-5,8-11,13H2,1H3,(H,25,30)/t14-,17+/m1/s1. The molecule has 1 aromatic carbocycles. The Hall–Kier alpha value is -2.16. The van der Waals surface area contributed by atoms with Gasteiger partial charge in [0.2, 0.25) is 5.91 Å². The number of hydrogen-bond acceptors (Lipinski definition) is 4. The lowest BCUT2D eigenvalue weighted by Crippen LogP contribution is -2.47. The first-order chi connectivity index (χ1) is 14.3. The smallest absolute Gasteiger partial charge is 0.352 e. The summed E-state index contributed by atoms with van der Waals surface area (Å²) in [6, 6.07) is 3.93. The van der Waals surface area contributed by atoms with Crippen molar-refractivity contribution in [1.29, 1.82) is 0 Å². The number of likely N-dealkylation sites (tertiary alicyclic amines) is 1. The van der Waals surface area contributed by atoms with Gasteiger partial charge in [0.25, 0.3) is 0 Å². The Balaban J connectivity index is 1.33. The summed E-state index contributed by atoms with van der Waals surface area (Å²) in [6.45, 7) is 4.10. The van der Waals surface area contributed by atoms with Crippen molar-refractivity contribution in [3.63, 3.8) is 0 Å². The number of hydrogen-bond donors (Lipinski definition) is 1. The SMILES string of the molecule is C[C@@H]1CCCC[C@@H]1NC(=O)CN1CCC(n2nnc3cc(C(F)(F)F)ccc32)CC1. The van der Waals surface area contributed by atoms with Gasteiger partial charge in [0, 0.05) is 19.1 Å². The molecule has 1 aliphatic heterocycles. The minimum Gasteiger partial charge on any atom is -0.352 e. The van der Waals surface area contributed by atoms with Crippen molar-refractivity contribution in [2.75, 3.05) is 19.6 Å². The van der Waals surface area contributed by atoms with E-state index < -0.39 is 11.7 Å². The molecule has 1 aromatic heterocycles. The topological polar surface area (TPSA) is 63.1 Å². The second-order valence-corrected chi connectivity index (χ2v) is 8.68. The van der Waals surface area contributed by atoms with Gasteiger partial charge in [-0.05, 0) is 49.8 Å². The lowest BCUT2D eigenvalue weighted by molar-refractivity contribution is -0.137. The minimum atomic E-state index is -4.39. The van der Waals surface area contributed by atoms with E-state index in [9.17, 15) is 18.0 Å². The van der Waals surface area contributed by atoms with Crippen LogP contribution in [0.3, 0.4) is 0 Å². The summed E-state index contributed by atoms with van der Waals surface area (Å²) >= 11 is 0. The van der Waals surface area contributed by atoms with Gasteiger partial charge in [0.1, 0.15) is 5.52 Å². The molecular weight excluding hydrogens is 395 g/mol. The summed E-state index contributed by atoms with van der Waals surface area (Å²) in [7, 11) is 0. The van der Waals surface area contributed by atoms with Crippen molar-refractivity contribution in [3.05, 3.63) is 23.8 Å². The average Bonchev–Trinajstić information content (AvgIpc) is 3.13. The van der Waals surface area contributed by atoms with E-state index in [4.69, 9.17) is 0 Å². The van der Waals surface area contributed by atoms with E-state index in [1.807, 2.05) is 0 Å². The number of carbonyl (C=O) groups excluding carboxylic acids is 1. The Morgan fingerprint density at radius 2 is 1.90 bits per heavy atom. The fourth-order valence-electron chi connectivity index (χ4n) is 4.70. The number of alkyl halides is 3. The maximum Gasteiger partial charge on any atom is 0.416 e.